The molecule has 3 rings (SSSR count). The predicted molar refractivity (Wildman–Crippen MR) is 54.0 cm³/mol. The van der Waals surface area contributed by atoms with Crippen LogP contribution in [0.15, 0.2) is 6.20 Å². The topological polar surface area (TPSA) is 30.7 Å². The van der Waals surface area contributed by atoms with Crippen LogP contribution in [-0.2, 0) is 0 Å². The number of hydrogen-bond acceptors (Lipinski definition) is 2. The molecule has 1 atom stereocenters. The zero-order valence-corrected chi connectivity index (χ0v) is 8.69. The molecule has 0 bridgehead atoms. The van der Waals surface area contributed by atoms with Gasteiger partial charge in [-0.1, -0.05) is 18.1 Å². The van der Waals surface area contributed by atoms with Gasteiger partial charge in [-0.3, -0.25) is 0 Å². The lowest BCUT2D eigenvalue weighted by atomic mass is 10.2. The van der Waals surface area contributed by atoms with Gasteiger partial charge in [0.25, 0.3) is 0 Å². The van der Waals surface area contributed by atoms with Crippen molar-refractivity contribution in [3.05, 3.63) is 11.9 Å². The van der Waals surface area contributed by atoms with Crippen LogP contribution in [0, 0.1) is 5.92 Å². The first-order valence-corrected chi connectivity index (χ1v) is 5.74. The van der Waals surface area contributed by atoms with Gasteiger partial charge >= 0.3 is 0 Å². The van der Waals surface area contributed by atoms with E-state index in [1.807, 2.05) is 0 Å². The minimum atomic E-state index is 0.544. The third kappa shape index (κ3) is 1.68. The van der Waals surface area contributed by atoms with E-state index in [-0.39, 0.29) is 0 Å². The van der Waals surface area contributed by atoms with Crippen molar-refractivity contribution in [2.45, 2.75) is 51.0 Å². The molecule has 0 aliphatic heterocycles. The standard InChI is InChI=1S/C11H17N3/c1-8(6-9-2-3-9)14-7-11(12-13-14)10-4-5-10/h7-10H,2-6H2,1H3. The number of aromatic nitrogens is 3. The maximum absolute atomic E-state index is 4.24. The molecule has 1 unspecified atom stereocenters. The van der Waals surface area contributed by atoms with Crippen molar-refractivity contribution in [3.8, 4) is 0 Å². The molecule has 14 heavy (non-hydrogen) atoms. The van der Waals surface area contributed by atoms with Crippen LogP contribution in [0.2, 0.25) is 0 Å². The molecule has 1 aromatic heterocycles. The van der Waals surface area contributed by atoms with Crippen LogP contribution < -0.4 is 0 Å². The lowest BCUT2D eigenvalue weighted by Crippen LogP contribution is -2.06. The molecule has 0 spiro atoms. The average Bonchev–Trinajstić information content (AvgIpc) is 3.08. The molecule has 2 aliphatic rings. The lowest BCUT2D eigenvalue weighted by Gasteiger charge is -2.09. The van der Waals surface area contributed by atoms with E-state index < -0.39 is 0 Å². The molecule has 2 saturated carbocycles. The smallest absolute Gasteiger partial charge is 0.0858 e. The van der Waals surface area contributed by atoms with Crippen molar-refractivity contribution >= 4 is 0 Å². The zero-order chi connectivity index (χ0) is 9.54. The Labute approximate surface area is 84.5 Å². The molecule has 0 amide bonds. The second-order valence-electron chi connectivity index (χ2n) is 4.93. The quantitative estimate of drug-likeness (QED) is 0.732. The highest BCUT2D eigenvalue weighted by Crippen LogP contribution is 2.40. The predicted octanol–water partition coefficient (Wildman–Crippen LogP) is 2.52. The molecular formula is C11H17N3. The van der Waals surface area contributed by atoms with E-state index in [9.17, 15) is 0 Å². The Morgan fingerprint density at radius 1 is 1.43 bits per heavy atom. The molecule has 0 radical (unpaired) electrons. The highest BCUT2D eigenvalue weighted by Gasteiger charge is 2.28. The summed E-state index contributed by atoms with van der Waals surface area (Å²) < 4.78 is 2.06. The molecule has 0 N–H and O–H groups in total. The molecular weight excluding hydrogens is 174 g/mol. The van der Waals surface area contributed by atoms with E-state index in [0.29, 0.717) is 6.04 Å². The normalized spacial score (nSPS) is 23.8. The van der Waals surface area contributed by atoms with Crippen LogP contribution in [0.3, 0.4) is 0 Å². The highest BCUT2D eigenvalue weighted by atomic mass is 15.4. The Morgan fingerprint density at radius 2 is 2.21 bits per heavy atom. The van der Waals surface area contributed by atoms with Gasteiger partial charge in [0.15, 0.2) is 0 Å². The van der Waals surface area contributed by atoms with Crippen molar-refractivity contribution in [1.29, 1.82) is 0 Å². The number of nitrogens with zero attached hydrogens (tertiary/aromatic N) is 3. The fourth-order valence-corrected chi connectivity index (χ4v) is 2.02. The van der Waals surface area contributed by atoms with Crippen molar-refractivity contribution in [2.75, 3.05) is 0 Å². The lowest BCUT2D eigenvalue weighted by molar-refractivity contribution is 0.426. The van der Waals surface area contributed by atoms with Gasteiger partial charge in [-0.05, 0) is 32.1 Å². The summed E-state index contributed by atoms with van der Waals surface area (Å²) in [7, 11) is 0. The summed E-state index contributed by atoms with van der Waals surface area (Å²) in [6.07, 6.45) is 8.92. The summed E-state index contributed by atoms with van der Waals surface area (Å²) in [5.74, 6) is 1.70. The summed E-state index contributed by atoms with van der Waals surface area (Å²) in [6, 6.07) is 0.544. The van der Waals surface area contributed by atoms with Gasteiger partial charge in [-0.25, -0.2) is 4.68 Å². The van der Waals surface area contributed by atoms with Gasteiger partial charge < -0.3 is 0 Å². The summed E-state index contributed by atoms with van der Waals surface area (Å²) in [6.45, 7) is 2.25. The number of hydrogen-bond donors (Lipinski definition) is 0. The van der Waals surface area contributed by atoms with Gasteiger partial charge in [-0.15, -0.1) is 5.10 Å². The Morgan fingerprint density at radius 3 is 2.86 bits per heavy atom. The second-order valence-corrected chi connectivity index (χ2v) is 4.93. The van der Waals surface area contributed by atoms with Crippen LogP contribution in [-0.4, -0.2) is 15.0 Å². The summed E-state index contributed by atoms with van der Waals surface area (Å²) in [5.41, 5.74) is 1.22. The summed E-state index contributed by atoms with van der Waals surface area (Å²) >= 11 is 0. The van der Waals surface area contributed by atoms with E-state index in [2.05, 4.69) is 28.1 Å². The van der Waals surface area contributed by atoms with Gasteiger partial charge in [0.1, 0.15) is 0 Å². The van der Waals surface area contributed by atoms with Crippen LogP contribution in [0.4, 0.5) is 0 Å². The molecule has 3 heteroatoms. The van der Waals surface area contributed by atoms with Crippen molar-refractivity contribution in [3.63, 3.8) is 0 Å². The fraction of sp³-hybridized carbons (Fsp3) is 0.818. The van der Waals surface area contributed by atoms with Gasteiger partial charge in [0.05, 0.1) is 11.7 Å². The third-order valence-electron chi connectivity index (χ3n) is 3.35. The largest absolute Gasteiger partial charge is 0.249 e. The summed E-state index contributed by atoms with van der Waals surface area (Å²) in [5, 5.41) is 8.46. The van der Waals surface area contributed by atoms with Gasteiger partial charge in [-0.2, -0.15) is 0 Å². The van der Waals surface area contributed by atoms with E-state index in [1.165, 1.54) is 37.8 Å². The maximum Gasteiger partial charge on any atom is 0.0858 e. The zero-order valence-electron chi connectivity index (χ0n) is 8.69. The van der Waals surface area contributed by atoms with Gasteiger partial charge in [0, 0.05) is 12.1 Å². The molecule has 2 aliphatic carbocycles. The first-order valence-electron chi connectivity index (χ1n) is 5.74. The minimum Gasteiger partial charge on any atom is -0.249 e. The van der Waals surface area contributed by atoms with E-state index in [0.717, 1.165) is 11.8 Å². The molecule has 2 fully saturated rings. The SMILES string of the molecule is CC(CC1CC1)n1cc(C2CC2)nn1. The Bertz CT molecular complexity index is 323. The molecule has 3 nitrogen and oxygen atoms in total. The third-order valence-corrected chi connectivity index (χ3v) is 3.35. The molecule has 76 valence electrons. The fourth-order valence-electron chi connectivity index (χ4n) is 2.02. The molecule has 0 aromatic carbocycles. The minimum absolute atomic E-state index is 0.544. The molecule has 0 saturated heterocycles. The monoisotopic (exact) mass is 191 g/mol. The van der Waals surface area contributed by atoms with Crippen LogP contribution >= 0.6 is 0 Å². The molecule has 1 heterocycles. The first kappa shape index (κ1) is 8.45. The van der Waals surface area contributed by atoms with Crippen molar-refractivity contribution < 1.29 is 0 Å². The first-order chi connectivity index (χ1) is 6.83. The van der Waals surface area contributed by atoms with Crippen molar-refractivity contribution in [2.24, 2.45) is 5.92 Å². The maximum atomic E-state index is 4.24. The Balaban J connectivity index is 1.67. The Hall–Kier alpha value is -0.860. The van der Waals surface area contributed by atoms with Gasteiger partial charge in [0.2, 0.25) is 0 Å². The summed E-state index contributed by atoms with van der Waals surface area (Å²) in [4.78, 5) is 0. The number of rotatable bonds is 4. The van der Waals surface area contributed by atoms with Crippen LogP contribution in [0.5, 0.6) is 0 Å². The van der Waals surface area contributed by atoms with E-state index in [1.54, 1.807) is 0 Å². The Kier molecular flexibility index (Phi) is 1.85. The van der Waals surface area contributed by atoms with Crippen LogP contribution in [0.1, 0.15) is 56.7 Å². The van der Waals surface area contributed by atoms with E-state index in [4.69, 9.17) is 0 Å². The van der Waals surface area contributed by atoms with Crippen LogP contribution in [0.25, 0.3) is 0 Å². The second kappa shape index (κ2) is 3.07. The van der Waals surface area contributed by atoms with Crippen molar-refractivity contribution in [1.82, 2.24) is 15.0 Å². The average molecular weight is 191 g/mol. The molecule has 1 aromatic rings. The highest BCUT2D eigenvalue weighted by molar-refractivity contribution is 5.09. The van der Waals surface area contributed by atoms with E-state index >= 15 is 0 Å².